The van der Waals surface area contributed by atoms with E-state index >= 15 is 0 Å². The number of aryl methyl sites for hydroxylation is 1. The Morgan fingerprint density at radius 1 is 1.12 bits per heavy atom. The van der Waals surface area contributed by atoms with Crippen LogP contribution in [-0.4, -0.2) is 41.0 Å². The Labute approximate surface area is 197 Å². The predicted molar refractivity (Wildman–Crippen MR) is 132 cm³/mol. The highest BCUT2D eigenvalue weighted by molar-refractivity contribution is 7.98. The van der Waals surface area contributed by atoms with E-state index in [1.165, 1.54) is 21.6 Å². The minimum atomic E-state index is -3.71. The van der Waals surface area contributed by atoms with Crippen LogP contribution in [-0.2, 0) is 21.2 Å². The molecule has 0 atom stereocenters. The number of anilines is 1. The first kappa shape index (κ1) is 24.9. The Balaban J connectivity index is 1.86. The van der Waals surface area contributed by atoms with Crippen molar-refractivity contribution in [2.24, 2.45) is 11.8 Å². The zero-order valence-electron chi connectivity index (χ0n) is 19.5. The predicted octanol–water partition coefficient (Wildman–Crippen LogP) is 5.63. The van der Waals surface area contributed by atoms with Crippen molar-refractivity contribution in [2.75, 3.05) is 36.9 Å². The van der Waals surface area contributed by atoms with E-state index in [2.05, 4.69) is 6.92 Å². The maximum Gasteiger partial charge on any atom is 0.264 e. The van der Waals surface area contributed by atoms with E-state index < -0.39 is 10.0 Å². The Bertz CT molecular complexity index is 968. The molecule has 0 aromatic heterocycles. The molecule has 5 nitrogen and oxygen atoms in total. The van der Waals surface area contributed by atoms with Crippen LogP contribution in [0.3, 0.4) is 0 Å². The minimum absolute atomic E-state index is 0.192. The van der Waals surface area contributed by atoms with Crippen LogP contribution >= 0.6 is 11.8 Å². The largest absolute Gasteiger partial charge is 0.492 e. The normalized spacial score (nSPS) is 15.2. The van der Waals surface area contributed by atoms with Crippen LogP contribution in [0.5, 0.6) is 5.75 Å². The number of rotatable bonds is 10. The van der Waals surface area contributed by atoms with Gasteiger partial charge in [0.15, 0.2) is 0 Å². The molecule has 0 N–H and O–H groups in total. The summed E-state index contributed by atoms with van der Waals surface area (Å²) in [5.74, 6) is 1.41. The Morgan fingerprint density at radius 3 is 2.41 bits per heavy atom. The van der Waals surface area contributed by atoms with Crippen molar-refractivity contribution in [1.82, 2.24) is 0 Å². The van der Waals surface area contributed by atoms with Crippen LogP contribution in [0.4, 0.5) is 5.69 Å². The molecule has 0 saturated carbocycles. The molecule has 1 aliphatic rings. The molecule has 2 aromatic rings. The molecule has 1 heterocycles. The summed E-state index contributed by atoms with van der Waals surface area (Å²) >= 11 is 1.51. The van der Waals surface area contributed by atoms with Crippen LogP contribution in [0.1, 0.15) is 39.2 Å². The van der Waals surface area contributed by atoms with Gasteiger partial charge in [-0.05, 0) is 73.2 Å². The quantitative estimate of drug-likeness (QED) is 0.415. The van der Waals surface area contributed by atoms with Gasteiger partial charge in [0.05, 0.1) is 22.1 Å². The first-order valence-corrected chi connectivity index (χ1v) is 14.0. The zero-order chi connectivity index (χ0) is 23.1. The summed E-state index contributed by atoms with van der Waals surface area (Å²) in [6.45, 7) is 8.77. The summed E-state index contributed by atoms with van der Waals surface area (Å²) in [7, 11) is -3.71. The molecule has 1 saturated heterocycles. The molecule has 176 valence electrons. The molecule has 0 bridgehead atoms. The van der Waals surface area contributed by atoms with Gasteiger partial charge in [0.2, 0.25) is 0 Å². The van der Waals surface area contributed by atoms with Crippen LogP contribution in [0.25, 0.3) is 0 Å². The first-order chi connectivity index (χ1) is 15.3. The third-order valence-electron chi connectivity index (χ3n) is 5.70. The fraction of sp³-hybridized carbons (Fsp3) is 0.520. The summed E-state index contributed by atoms with van der Waals surface area (Å²) in [5, 5.41) is 0. The second-order valence-electron chi connectivity index (χ2n) is 8.63. The molecule has 0 unspecified atom stereocenters. The van der Waals surface area contributed by atoms with Crippen molar-refractivity contribution < 1.29 is 17.9 Å². The number of hydrogen-bond donors (Lipinski definition) is 0. The number of hydrogen-bond acceptors (Lipinski definition) is 5. The highest BCUT2D eigenvalue weighted by Gasteiger charge is 2.27. The number of ether oxygens (including phenoxy) is 2. The summed E-state index contributed by atoms with van der Waals surface area (Å²) in [6.07, 6.45) is 4.87. The molecule has 1 aliphatic heterocycles. The molecule has 1 fully saturated rings. The monoisotopic (exact) mass is 477 g/mol. The average Bonchev–Trinajstić information content (AvgIpc) is 2.81. The van der Waals surface area contributed by atoms with Crippen molar-refractivity contribution in [1.29, 1.82) is 0 Å². The molecule has 0 radical (unpaired) electrons. The summed E-state index contributed by atoms with van der Waals surface area (Å²) in [5.41, 5.74) is 1.88. The van der Waals surface area contributed by atoms with E-state index in [9.17, 15) is 8.42 Å². The fourth-order valence-corrected chi connectivity index (χ4v) is 6.05. The van der Waals surface area contributed by atoms with Crippen LogP contribution in [0.2, 0.25) is 0 Å². The van der Waals surface area contributed by atoms with Gasteiger partial charge in [0, 0.05) is 19.8 Å². The van der Waals surface area contributed by atoms with Gasteiger partial charge >= 0.3 is 0 Å². The van der Waals surface area contributed by atoms with Gasteiger partial charge in [-0.1, -0.05) is 32.9 Å². The molecular weight excluding hydrogens is 442 g/mol. The maximum atomic E-state index is 13.7. The second-order valence-corrected chi connectivity index (χ2v) is 11.3. The van der Waals surface area contributed by atoms with Crippen molar-refractivity contribution in [3.05, 3.63) is 48.0 Å². The minimum Gasteiger partial charge on any atom is -0.492 e. The van der Waals surface area contributed by atoms with Gasteiger partial charge in [-0.2, -0.15) is 0 Å². The Hall–Kier alpha value is -1.70. The number of benzene rings is 2. The third kappa shape index (κ3) is 6.21. The lowest BCUT2D eigenvalue weighted by Crippen LogP contribution is -2.34. The van der Waals surface area contributed by atoms with Gasteiger partial charge in [0.1, 0.15) is 5.75 Å². The average molecular weight is 478 g/mol. The fourth-order valence-electron chi connectivity index (χ4n) is 3.75. The summed E-state index contributed by atoms with van der Waals surface area (Å²) in [6, 6.07) is 13.0. The van der Waals surface area contributed by atoms with E-state index in [0.29, 0.717) is 29.7 Å². The second kappa shape index (κ2) is 11.4. The molecule has 3 rings (SSSR count). The van der Waals surface area contributed by atoms with Crippen molar-refractivity contribution in [2.45, 2.75) is 49.8 Å². The van der Waals surface area contributed by atoms with E-state index in [1.807, 2.05) is 44.4 Å². The molecule has 7 heteroatoms. The van der Waals surface area contributed by atoms with E-state index in [-0.39, 0.29) is 5.92 Å². The van der Waals surface area contributed by atoms with Gasteiger partial charge < -0.3 is 9.47 Å². The highest BCUT2D eigenvalue weighted by Crippen LogP contribution is 2.33. The van der Waals surface area contributed by atoms with Crippen LogP contribution in [0.15, 0.2) is 52.3 Å². The summed E-state index contributed by atoms with van der Waals surface area (Å²) in [4.78, 5) is 1.13. The number of thioether (sulfide) groups is 1. The van der Waals surface area contributed by atoms with Crippen molar-refractivity contribution in [3.63, 3.8) is 0 Å². The SMILES string of the molecule is CCc1ccc(N(CC(C)C)S(=O)(=O)c2ccc(OCC3CCOCC3)c(SC)c2)cc1. The standard InChI is InChI=1S/C25H35NO4S2/c1-5-20-6-8-22(9-7-20)26(17-19(2)3)32(27,28)23-10-11-24(25(16-23)31-4)30-18-21-12-14-29-15-13-21/h6-11,16,19,21H,5,12-15,17-18H2,1-4H3. The van der Waals surface area contributed by atoms with E-state index in [4.69, 9.17) is 9.47 Å². The summed E-state index contributed by atoms with van der Waals surface area (Å²) < 4.78 is 40.4. The topological polar surface area (TPSA) is 55.8 Å². The molecule has 2 aromatic carbocycles. The lowest BCUT2D eigenvalue weighted by Gasteiger charge is -2.27. The van der Waals surface area contributed by atoms with E-state index in [1.54, 1.807) is 18.2 Å². The van der Waals surface area contributed by atoms with Gasteiger partial charge in [-0.3, -0.25) is 4.31 Å². The lowest BCUT2D eigenvalue weighted by molar-refractivity contribution is 0.0493. The Morgan fingerprint density at radius 2 is 1.81 bits per heavy atom. The van der Waals surface area contributed by atoms with Crippen molar-refractivity contribution in [3.8, 4) is 5.75 Å². The lowest BCUT2D eigenvalue weighted by atomic mass is 10.0. The van der Waals surface area contributed by atoms with Crippen LogP contribution in [0, 0.1) is 11.8 Å². The third-order valence-corrected chi connectivity index (χ3v) is 8.25. The first-order valence-electron chi connectivity index (χ1n) is 11.4. The highest BCUT2D eigenvalue weighted by atomic mass is 32.2. The van der Waals surface area contributed by atoms with Crippen molar-refractivity contribution >= 4 is 27.5 Å². The number of sulfonamides is 1. The van der Waals surface area contributed by atoms with Gasteiger partial charge in [0.25, 0.3) is 10.0 Å². The molecule has 0 aliphatic carbocycles. The Kier molecular flexibility index (Phi) is 8.91. The smallest absolute Gasteiger partial charge is 0.264 e. The molecule has 32 heavy (non-hydrogen) atoms. The number of nitrogens with zero attached hydrogens (tertiary/aromatic N) is 1. The zero-order valence-corrected chi connectivity index (χ0v) is 21.2. The molecule has 0 spiro atoms. The van der Waals surface area contributed by atoms with Crippen LogP contribution < -0.4 is 9.04 Å². The van der Waals surface area contributed by atoms with E-state index in [0.717, 1.165) is 43.1 Å². The molecule has 0 amide bonds. The van der Waals surface area contributed by atoms with Gasteiger partial charge in [-0.25, -0.2) is 8.42 Å². The molecular formula is C25H35NO4S2. The maximum absolute atomic E-state index is 13.7. The van der Waals surface area contributed by atoms with Gasteiger partial charge in [-0.15, -0.1) is 11.8 Å².